The molecule has 1 aliphatic carbocycles. The van der Waals surface area contributed by atoms with Crippen molar-refractivity contribution in [3.05, 3.63) is 71.3 Å². The SMILES string of the molecule is CC(C)[C@H](CC(=O)[C@@H](NC(=O)[C@@H](CC(=O)OCc1ccccc1)CC(=O)OC(C)(C)C)C1Cc2ccccc2C1)C(=O)O. The van der Waals surface area contributed by atoms with E-state index in [1.54, 1.807) is 46.8 Å². The molecule has 0 bridgehead atoms. The zero-order valence-electron chi connectivity index (χ0n) is 25.6. The lowest BCUT2D eigenvalue weighted by molar-refractivity contribution is -0.158. The fraction of sp³-hybridized carbons (Fsp3) is 0.500. The number of rotatable bonds is 14. The van der Waals surface area contributed by atoms with Crippen LogP contribution in [0.1, 0.15) is 70.6 Å². The Bertz CT molecular complexity index is 1270. The summed E-state index contributed by atoms with van der Waals surface area (Å²) in [6.07, 6.45) is 0.0252. The van der Waals surface area contributed by atoms with Crippen molar-refractivity contribution in [3.8, 4) is 0 Å². The Hall–Kier alpha value is -4.01. The van der Waals surface area contributed by atoms with Crippen molar-refractivity contribution in [2.24, 2.45) is 23.7 Å². The van der Waals surface area contributed by atoms with Crippen LogP contribution in [0.15, 0.2) is 54.6 Å². The van der Waals surface area contributed by atoms with Gasteiger partial charge in [-0.1, -0.05) is 68.4 Å². The van der Waals surface area contributed by atoms with Crippen molar-refractivity contribution < 1.29 is 38.6 Å². The number of hydrogen-bond acceptors (Lipinski definition) is 7. The Labute approximate surface area is 253 Å². The third-order valence-corrected chi connectivity index (χ3v) is 7.60. The molecule has 0 spiro atoms. The third-order valence-electron chi connectivity index (χ3n) is 7.60. The van der Waals surface area contributed by atoms with Crippen molar-refractivity contribution in [2.45, 2.75) is 85.0 Å². The van der Waals surface area contributed by atoms with E-state index < -0.39 is 59.5 Å². The van der Waals surface area contributed by atoms with E-state index in [0.29, 0.717) is 12.8 Å². The summed E-state index contributed by atoms with van der Waals surface area (Å²) >= 11 is 0. The predicted octanol–water partition coefficient (Wildman–Crippen LogP) is 4.68. The average molecular weight is 594 g/mol. The van der Waals surface area contributed by atoms with Gasteiger partial charge < -0.3 is 19.9 Å². The first kappa shape index (κ1) is 33.5. The Kier molecular flexibility index (Phi) is 11.6. The number of fused-ring (bicyclic) bond motifs is 1. The van der Waals surface area contributed by atoms with E-state index in [1.165, 1.54) is 0 Å². The second kappa shape index (κ2) is 14.9. The van der Waals surface area contributed by atoms with Gasteiger partial charge in [-0.05, 0) is 62.1 Å². The number of benzene rings is 2. The summed E-state index contributed by atoms with van der Waals surface area (Å²) in [5.74, 6) is -6.13. The van der Waals surface area contributed by atoms with Gasteiger partial charge in [-0.15, -0.1) is 0 Å². The Morgan fingerprint density at radius 3 is 1.95 bits per heavy atom. The van der Waals surface area contributed by atoms with Crippen LogP contribution in [0, 0.1) is 23.7 Å². The van der Waals surface area contributed by atoms with Gasteiger partial charge in [0, 0.05) is 6.42 Å². The number of carboxylic acid groups (broad SMARTS) is 1. The number of esters is 2. The predicted molar refractivity (Wildman–Crippen MR) is 160 cm³/mol. The molecule has 0 aliphatic heterocycles. The van der Waals surface area contributed by atoms with E-state index >= 15 is 0 Å². The summed E-state index contributed by atoms with van der Waals surface area (Å²) in [6, 6.07) is 15.8. The van der Waals surface area contributed by atoms with Gasteiger partial charge in [-0.25, -0.2) is 0 Å². The molecule has 9 heteroatoms. The number of carboxylic acids is 1. The lowest BCUT2D eigenvalue weighted by atomic mass is 9.84. The van der Waals surface area contributed by atoms with Gasteiger partial charge in [0.2, 0.25) is 5.91 Å². The highest BCUT2D eigenvalue weighted by atomic mass is 16.6. The first-order chi connectivity index (χ1) is 20.2. The summed E-state index contributed by atoms with van der Waals surface area (Å²) < 4.78 is 10.8. The van der Waals surface area contributed by atoms with Crippen molar-refractivity contribution in [3.63, 3.8) is 0 Å². The minimum absolute atomic E-state index is 0.00761. The van der Waals surface area contributed by atoms with E-state index in [4.69, 9.17) is 9.47 Å². The largest absolute Gasteiger partial charge is 0.481 e. The van der Waals surface area contributed by atoms with E-state index in [1.807, 2.05) is 42.5 Å². The third kappa shape index (κ3) is 10.3. The second-order valence-corrected chi connectivity index (χ2v) is 12.6. The number of ether oxygens (including phenoxy) is 2. The topological polar surface area (TPSA) is 136 Å². The lowest BCUT2D eigenvalue weighted by Crippen LogP contribution is -2.50. The van der Waals surface area contributed by atoms with E-state index in [0.717, 1.165) is 16.7 Å². The van der Waals surface area contributed by atoms with Crippen LogP contribution in [0.5, 0.6) is 0 Å². The minimum atomic E-state index is -1.16. The summed E-state index contributed by atoms with van der Waals surface area (Å²) in [4.78, 5) is 65.0. The molecule has 43 heavy (non-hydrogen) atoms. The number of aliphatic carboxylic acids is 1. The summed E-state index contributed by atoms with van der Waals surface area (Å²) in [5, 5.41) is 12.6. The van der Waals surface area contributed by atoms with Crippen LogP contribution in [0.3, 0.4) is 0 Å². The highest BCUT2D eigenvalue weighted by molar-refractivity contribution is 5.94. The van der Waals surface area contributed by atoms with Crippen molar-refractivity contribution in [1.29, 1.82) is 0 Å². The van der Waals surface area contributed by atoms with Gasteiger partial charge in [-0.2, -0.15) is 0 Å². The molecule has 2 aromatic carbocycles. The van der Waals surface area contributed by atoms with Gasteiger partial charge in [0.05, 0.1) is 30.7 Å². The fourth-order valence-corrected chi connectivity index (χ4v) is 5.35. The van der Waals surface area contributed by atoms with Crippen LogP contribution >= 0.6 is 0 Å². The molecule has 0 saturated heterocycles. The molecule has 0 radical (unpaired) electrons. The molecule has 0 aromatic heterocycles. The van der Waals surface area contributed by atoms with E-state index in [9.17, 15) is 29.1 Å². The quantitative estimate of drug-likeness (QED) is 0.301. The molecule has 3 rings (SSSR count). The molecule has 3 atom stereocenters. The molecule has 1 amide bonds. The number of nitrogens with one attached hydrogen (secondary N) is 1. The molecular formula is C34H43NO8. The molecule has 0 saturated carbocycles. The highest BCUT2D eigenvalue weighted by Gasteiger charge is 2.38. The van der Waals surface area contributed by atoms with Crippen LogP contribution in [-0.4, -0.2) is 46.3 Å². The number of ketones is 1. The Morgan fingerprint density at radius 2 is 1.42 bits per heavy atom. The average Bonchev–Trinajstić information content (AvgIpc) is 3.36. The monoisotopic (exact) mass is 593 g/mol. The van der Waals surface area contributed by atoms with Crippen LogP contribution in [-0.2, 0) is 52.9 Å². The zero-order chi connectivity index (χ0) is 31.7. The van der Waals surface area contributed by atoms with Crippen molar-refractivity contribution >= 4 is 29.6 Å². The fourth-order valence-electron chi connectivity index (χ4n) is 5.35. The van der Waals surface area contributed by atoms with Crippen LogP contribution < -0.4 is 5.32 Å². The maximum atomic E-state index is 13.8. The zero-order valence-corrected chi connectivity index (χ0v) is 25.6. The number of amides is 1. The first-order valence-electron chi connectivity index (χ1n) is 14.8. The van der Waals surface area contributed by atoms with Crippen LogP contribution in [0.25, 0.3) is 0 Å². The van der Waals surface area contributed by atoms with Crippen molar-refractivity contribution in [1.82, 2.24) is 5.32 Å². The molecule has 9 nitrogen and oxygen atoms in total. The van der Waals surface area contributed by atoms with E-state index in [2.05, 4.69) is 5.32 Å². The Morgan fingerprint density at radius 1 is 0.860 bits per heavy atom. The van der Waals surface area contributed by atoms with Gasteiger partial charge in [0.25, 0.3) is 0 Å². The second-order valence-electron chi connectivity index (χ2n) is 12.6. The molecule has 0 heterocycles. The van der Waals surface area contributed by atoms with E-state index in [-0.39, 0.29) is 31.3 Å². The smallest absolute Gasteiger partial charge is 0.307 e. The summed E-state index contributed by atoms with van der Waals surface area (Å²) in [6.45, 7) is 8.59. The maximum Gasteiger partial charge on any atom is 0.307 e. The molecule has 0 unspecified atom stereocenters. The maximum absolute atomic E-state index is 13.8. The molecule has 232 valence electrons. The number of hydrogen-bond donors (Lipinski definition) is 2. The number of carbonyl (C=O) groups is 5. The first-order valence-corrected chi connectivity index (χ1v) is 14.8. The summed E-state index contributed by atoms with van der Waals surface area (Å²) in [5.41, 5.74) is 2.09. The van der Waals surface area contributed by atoms with Crippen LogP contribution in [0.4, 0.5) is 0 Å². The van der Waals surface area contributed by atoms with Crippen LogP contribution in [0.2, 0.25) is 0 Å². The number of carbonyl (C=O) groups excluding carboxylic acids is 4. The number of Topliss-reactive ketones (excluding diaryl/α,β-unsaturated/α-hetero) is 1. The Balaban J connectivity index is 1.82. The van der Waals surface area contributed by atoms with Gasteiger partial charge >= 0.3 is 17.9 Å². The van der Waals surface area contributed by atoms with Gasteiger partial charge in [0.1, 0.15) is 12.2 Å². The molecule has 2 N–H and O–H groups in total. The van der Waals surface area contributed by atoms with Crippen molar-refractivity contribution in [2.75, 3.05) is 0 Å². The van der Waals surface area contributed by atoms with Gasteiger partial charge in [0.15, 0.2) is 5.78 Å². The summed E-state index contributed by atoms with van der Waals surface area (Å²) in [7, 11) is 0. The standard InChI is InChI=1S/C34H43NO8/c1-21(2)27(33(40)41)19-28(36)31(25-15-23-13-9-10-14-24(23)16-25)35-32(39)26(18-30(38)43-34(3,4)5)17-29(37)42-20-22-11-7-6-8-12-22/h6-14,21,25-27,31H,15-20H2,1-5H3,(H,35,39)(H,40,41)/t26-,27-,31-/m0/s1. The normalized spacial score (nSPS) is 15.2. The molecule has 0 fully saturated rings. The molecular weight excluding hydrogens is 550 g/mol. The highest BCUT2D eigenvalue weighted by Crippen LogP contribution is 2.31. The molecule has 1 aliphatic rings. The van der Waals surface area contributed by atoms with Gasteiger partial charge in [-0.3, -0.25) is 24.0 Å². The molecule has 2 aromatic rings. The lowest BCUT2D eigenvalue weighted by Gasteiger charge is -2.28. The minimum Gasteiger partial charge on any atom is -0.481 e.